The Balaban J connectivity index is 2.27. The van der Waals surface area contributed by atoms with Crippen LogP contribution < -0.4 is 5.32 Å². The van der Waals surface area contributed by atoms with Crippen LogP contribution in [0.3, 0.4) is 0 Å². The maximum Gasteiger partial charge on any atom is 0.0409 e. The Morgan fingerprint density at radius 2 is 1.90 bits per heavy atom. The molecule has 0 heterocycles. The molecule has 1 unspecified atom stereocenters. The summed E-state index contributed by atoms with van der Waals surface area (Å²) in [5, 5.41) is 4.47. The van der Waals surface area contributed by atoms with Crippen LogP contribution in [0.1, 0.15) is 41.6 Å². The molecule has 0 spiro atoms. The predicted octanol–water partition coefficient (Wildman–Crippen LogP) is 5.24. The zero-order valence-electron chi connectivity index (χ0n) is 13.1. The first kappa shape index (κ1) is 16.1. The van der Waals surface area contributed by atoms with Crippen molar-refractivity contribution in [2.24, 2.45) is 0 Å². The van der Waals surface area contributed by atoms with E-state index in [9.17, 15) is 0 Å². The summed E-state index contributed by atoms with van der Waals surface area (Å²) in [4.78, 5) is 0. The van der Waals surface area contributed by atoms with Crippen LogP contribution in [0.15, 0.2) is 42.5 Å². The van der Waals surface area contributed by atoms with Crippen molar-refractivity contribution in [3.05, 3.63) is 69.7 Å². The van der Waals surface area contributed by atoms with Crippen molar-refractivity contribution in [3.63, 3.8) is 0 Å². The number of aryl methyl sites for hydroxylation is 2. The number of halogens is 1. The van der Waals surface area contributed by atoms with Gasteiger partial charge in [-0.05, 0) is 62.1 Å². The van der Waals surface area contributed by atoms with Gasteiger partial charge in [-0.1, -0.05) is 54.4 Å². The summed E-state index contributed by atoms with van der Waals surface area (Å²) >= 11 is 6.20. The van der Waals surface area contributed by atoms with E-state index in [1.54, 1.807) is 0 Å². The molecule has 21 heavy (non-hydrogen) atoms. The second-order valence-corrected chi connectivity index (χ2v) is 6.14. The highest BCUT2D eigenvalue weighted by Crippen LogP contribution is 2.25. The Bertz CT molecular complexity index is 592. The molecule has 0 saturated heterocycles. The third kappa shape index (κ3) is 4.59. The van der Waals surface area contributed by atoms with Crippen molar-refractivity contribution in [2.75, 3.05) is 6.54 Å². The Morgan fingerprint density at radius 1 is 1.10 bits per heavy atom. The fraction of sp³-hybridized carbons (Fsp3) is 0.368. The summed E-state index contributed by atoms with van der Waals surface area (Å²) in [5.41, 5.74) is 5.27. The molecule has 0 aliphatic heterocycles. The number of rotatable bonds is 6. The lowest BCUT2D eigenvalue weighted by molar-refractivity contribution is 0.527. The van der Waals surface area contributed by atoms with E-state index < -0.39 is 0 Å². The van der Waals surface area contributed by atoms with Gasteiger partial charge in [0.05, 0.1) is 0 Å². The van der Waals surface area contributed by atoms with E-state index in [0.717, 1.165) is 24.4 Å². The van der Waals surface area contributed by atoms with E-state index in [1.165, 1.54) is 22.3 Å². The number of benzene rings is 2. The molecule has 2 heteroatoms. The van der Waals surface area contributed by atoms with Gasteiger partial charge in [0.15, 0.2) is 0 Å². The van der Waals surface area contributed by atoms with Gasteiger partial charge in [-0.2, -0.15) is 0 Å². The lowest BCUT2D eigenvalue weighted by Gasteiger charge is -2.21. The maximum atomic E-state index is 6.20. The van der Waals surface area contributed by atoms with Crippen LogP contribution >= 0.6 is 11.6 Å². The Labute approximate surface area is 133 Å². The van der Waals surface area contributed by atoms with Crippen molar-refractivity contribution < 1.29 is 0 Å². The second-order valence-electron chi connectivity index (χ2n) is 5.70. The fourth-order valence-electron chi connectivity index (χ4n) is 2.67. The molecular weight excluding hydrogens is 278 g/mol. The average Bonchev–Trinajstić information content (AvgIpc) is 2.46. The lowest BCUT2D eigenvalue weighted by atomic mass is 9.94. The van der Waals surface area contributed by atoms with E-state index in [-0.39, 0.29) is 0 Å². The molecule has 1 N–H and O–H groups in total. The number of hydrogen-bond acceptors (Lipinski definition) is 1. The van der Waals surface area contributed by atoms with Gasteiger partial charge in [-0.15, -0.1) is 0 Å². The highest BCUT2D eigenvalue weighted by Gasteiger charge is 2.14. The maximum absolute atomic E-state index is 6.20. The monoisotopic (exact) mass is 301 g/mol. The standard InChI is InChI=1S/C19H24ClN/c1-4-10-21-19(12-16-7-5-6-14(2)11-16)18-13-17(20)9-8-15(18)3/h5-9,11,13,19,21H,4,10,12H2,1-3H3. The van der Waals surface area contributed by atoms with E-state index in [4.69, 9.17) is 11.6 Å². The number of hydrogen-bond donors (Lipinski definition) is 1. The van der Waals surface area contributed by atoms with Gasteiger partial charge in [0.25, 0.3) is 0 Å². The minimum atomic E-state index is 0.311. The zero-order valence-corrected chi connectivity index (χ0v) is 13.9. The Kier molecular flexibility index (Phi) is 5.84. The van der Waals surface area contributed by atoms with Crippen molar-refractivity contribution in [2.45, 2.75) is 39.7 Å². The third-order valence-electron chi connectivity index (χ3n) is 3.78. The Hall–Kier alpha value is -1.31. The summed E-state index contributed by atoms with van der Waals surface area (Å²) in [7, 11) is 0. The van der Waals surface area contributed by atoms with Crippen molar-refractivity contribution in [1.29, 1.82) is 0 Å². The molecule has 112 valence electrons. The highest BCUT2D eigenvalue weighted by atomic mass is 35.5. The van der Waals surface area contributed by atoms with Crippen LogP contribution in [0.5, 0.6) is 0 Å². The van der Waals surface area contributed by atoms with Gasteiger partial charge in [0.2, 0.25) is 0 Å². The summed E-state index contributed by atoms with van der Waals surface area (Å²) in [6.07, 6.45) is 2.12. The molecule has 0 aromatic heterocycles. The second kappa shape index (κ2) is 7.63. The quantitative estimate of drug-likeness (QED) is 0.769. The predicted molar refractivity (Wildman–Crippen MR) is 92.1 cm³/mol. The van der Waals surface area contributed by atoms with E-state index >= 15 is 0 Å². The molecule has 0 amide bonds. The summed E-state index contributed by atoms with van der Waals surface area (Å²) < 4.78 is 0. The molecule has 1 atom stereocenters. The summed E-state index contributed by atoms with van der Waals surface area (Å²) in [6, 6.07) is 15.2. The molecule has 2 aromatic rings. The molecule has 0 bridgehead atoms. The van der Waals surface area contributed by atoms with Crippen LogP contribution in [0.2, 0.25) is 5.02 Å². The normalized spacial score (nSPS) is 12.4. The molecule has 0 aliphatic rings. The van der Waals surface area contributed by atoms with E-state index in [1.807, 2.05) is 6.07 Å². The minimum absolute atomic E-state index is 0.311. The van der Waals surface area contributed by atoms with Gasteiger partial charge in [0.1, 0.15) is 0 Å². The topological polar surface area (TPSA) is 12.0 Å². The van der Waals surface area contributed by atoms with Crippen LogP contribution in [-0.4, -0.2) is 6.54 Å². The van der Waals surface area contributed by atoms with E-state index in [2.05, 4.69) is 62.5 Å². The highest BCUT2D eigenvalue weighted by molar-refractivity contribution is 6.30. The summed E-state index contributed by atoms with van der Waals surface area (Å²) in [6.45, 7) is 7.51. The van der Waals surface area contributed by atoms with Gasteiger partial charge in [-0.25, -0.2) is 0 Å². The van der Waals surface area contributed by atoms with Gasteiger partial charge < -0.3 is 5.32 Å². The van der Waals surface area contributed by atoms with Gasteiger partial charge in [-0.3, -0.25) is 0 Å². The van der Waals surface area contributed by atoms with Crippen molar-refractivity contribution in [3.8, 4) is 0 Å². The van der Waals surface area contributed by atoms with E-state index in [0.29, 0.717) is 6.04 Å². The molecular formula is C19H24ClN. The Morgan fingerprint density at radius 3 is 2.62 bits per heavy atom. The van der Waals surface area contributed by atoms with Gasteiger partial charge in [0, 0.05) is 11.1 Å². The molecule has 0 aliphatic carbocycles. The lowest BCUT2D eigenvalue weighted by Crippen LogP contribution is -2.24. The van der Waals surface area contributed by atoms with Crippen LogP contribution in [-0.2, 0) is 6.42 Å². The molecule has 0 radical (unpaired) electrons. The average molecular weight is 302 g/mol. The molecule has 1 nitrogen and oxygen atoms in total. The van der Waals surface area contributed by atoms with Crippen molar-refractivity contribution >= 4 is 11.6 Å². The van der Waals surface area contributed by atoms with Crippen LogP contribution in [0.4, 0.5) is 0 Å². The smallest absolute Gasteiger partial charge is 0.0409 e. The van der Waals surface area contributed by atoms with Gasteiger partial charge >= 0.3 is 0 Å². The minimum Gasteiger partial charge on any atom is -0.310 e. The first-order valence-electron chi connectivity index (χ1n) is 7.65. The largest absolute Gasteiger partial charge is 0.310 e. The van der Waals surface area contributed by atoms with Crippen LogP contribution in [0, 0.1) is 13.8 Å². The molecule has 2 aromatic carbocycles. The van der Waals surface area contributed by atoms with Crippen LogP contribution in [0.25, 0.3) is 0 Å². The summed E-state index contributed by atoms with van der Waals surface area (Å²) in [5.74, 6) is 0. The first-order valence-corrected chi connectivity index (χ1v) is 8.03. The SMILES string of the molecule is CCCNC(Cc1cccc(C)c1)c1cc(Cl)ccc1C. The van der Waals surface area contributed by atoms with Crippen molar-refractivity contribution in [1.82, 2.24) is 5.32 Å². The first-order chi connectivity index (χ1) is 10.1. The molecule has 0 fully saturated rings. The zero-order chi connectivity index (χ0) is 15.2. The fourth-order valence-corrected chi connectivity index (χ4v) is 2.85. The number of nitrogens with one attached hydrogen (secondary N) is 1. The molecule has 0 saturated carbocycles. The molecule has 2 rings (SSSR count). The third-order valence-corrected chi connectivity index (χ3v) is 4.01.